The predicted molar refractivity (Wildman–Crippen MR) is 357 cm³/mol. The number of carboxylic acids is 1. The van der Waals surface area contributed by atoms with Crippen LogP contribution >= 0.6 is 0 Å². The number of amides is 16. The Labute approximate surface area is 573 Å². The Morgan fingerprint density at radius 2 is 0.847 bits per heavy atom. The number of nitrogens with two attached hydrogens (primary N) is 1. The Bertz CT molecular complexity index is 3040. The number of nitrogens with one attached hydrogen (secondary N) is 14. The lowest BCUT2D eigenvalue weighted by atomic mass is 9.96. The summed E-state index contributed by atoms with van der Waals surface area (Å²) in [6, 6.07) is -8.84. The second-order valence-corrected chi connectivity index (χ2v) is 29.7. The van der Waals surface area contributed by atoms with Crippen LogP contribution in [0.15, 0.2) is 0 Å². The monoisotopic (exact) mass is 1390 g/mol. The molecule has 98 heavy (non-hydrogen) atoms. The van der Waals surface area contributed by atoms with Gasteiger partial charge in [-0.15, -0.1) is 0 Å². The molecular weight excluding hydrogens is 1280 g/mol. The topological polar surface area (TPSA) is 508 Å². The van der Waals surface area contributed by atoms with Crippen LogP contribution in [-0.4, -0.2) is 205 Å². The first-order valence-electron chi connectivity index (χ1n) is 32.5. The molecule has 34 heteroatoms. The second kappa shape index (κ2) is 35.0. The molecule has 7 atom stereocenters. The van der Waals surface area contributed by atoms with Crippen molar-refractivity contribution in [1.82, 2.24) is 79.3 Å². The van der Waals surface area contributed by atoms with Gasteiger partial charge in [-0.2, -0.15) is 0 Å². The first-order valence-corrected chi connectivity index (χ1v) is 32.5. The summed E-state index contributed by atoms with van der Waals surface area (Å²) >= 11 is 0. The van der Waals surface area contributed by atoms with E-state index >= 15 is 0 Å². The number of hydrogen-bond acceptors (Lipinski definition) is 17. The number of hydrogen-bond donors (Lipinski definition) is 16. The predicted octanol–water partition coefficient (Wildman–Crippen LogP) is -2.97. The number of rotatable bonds is 36. The van der Waals surface area contributed by atoms with Gasteiger partial charge in [-0.25, -0.2) is 4.79 Å². The van der Waals surface area contributed by atoms with E-state index in [1.54, 1.807) is 41.5 Å². The summed E-state index contributed by atoms with van der Waals surface area (Å²) in [4.78, 5) is 227. The Balaban J connectivity index is 3.11. The van der Waals surface area contributed by atoms with E-state index in [1.807, 2.05) is 0 Å². The number of carbonyl (C=O) groups is 17. The molecule has 1 heterocycles. The average Bonchev–Trinajstić information content (AvgIpc) is 1.80. The summed E-state index contributed by atoms with van der Waals surface area (Å²) in [7, 11) is 0. The van der Waals surface area contributed by atoms with E-state index in [1.165, 1.54) is 123 Å². The van der Waals surface area contributed by atoms with E-state index in [4.69, 9.17) is 5.73 Å². The zero-order valence-electron chi connectivity index (χ0n) is 61.1. The van der Waals surface area contributed by atoms with Gasteiger partial charge in [0, 0.05) is 19.9 Å². The van der Waals surface area contributed by atoms with Gasteiger partial charge in [0.25, 0.3) is 0 Å². The minimum atomic E-state index is -1.87. The van der Waals surface area contributed by atoms with E-state index in [9.17, 15) is 86.6 Å². The molecule has 0 aromatic heterocycles. The maximum atomic E-state index is 14.0. The number of aliphatic carboxylic acids is 1. The number of carboxylic acid groups (broad SMARTS) is 1. The highest BCUT2D eigenvalue weighted by Crippen LogP contribution is 2.23. The van der Waals surface area contributed by atoms with E-state index in [2.05, 4.69) is 74.4 Å². The summed E-state index contributed by atoms with van der Waals surface area (Å²) in [5.74, 6) is -15.4. The highest BCUT2D eigenvalue weighted by molar-refractivity contribution is 6.03. The first-order chi connectivity index (χ1) is 44.4. The van der Waals surface area contributed by atoms with Gasteiger partial charge >= 0.3 is 5.97 Å². The lowest BCUT2D eigenvalue weighted by molar-refractivity contribution is -0.147. The molecule has 34 nitrogen and oxygen atoms in total. The van der Waals surface area contributed by atoms with Crippen LogP contribution in [0.25, 0.3) is 0 Å². The smallest absolute Gasteiger partial charge is 0.326 e. The molecule has 0 unspecified atom stereocenters. The number of primary amides is 1. The van der Waals surface area contributed by atoms with Crippen LogP contribution in [0.3, 0.4) is 0 Å². The van der Waals surface area contributed by atoms with Crippen molar-refractivity contribution < 1.29 is 86.6 Å². The molecule has 17 N–H and O–H groups in total. The molecule has 0 aromatic rings. The number of likely N-dealkylation sites (tertiary alicyclic amines) is 1. The van der Waals surface area contributed by atoms with Crippen molar-refractivity contribution in [3.05, 3.63) is 0 Å². The quantitative estimate of drug-likeness (QED) is 0.0298. The molecule has 16 amide bonds. The van der Waals surface area contributed by atoms with Gasteiger partial charge in [0.1, 0.15) is 81.1 Å². The third kappa shape index (κ3) is 26.4. The summed E-state index contributed by atoms with van der Waals surface area (Å²) in [6.45, 7) is 32.0. The molecule has 0 aliphatic carbocycles. The van der Waals surface area contributed by atoms with Crippen LogP contribution in [0.4, 0.5) is 0 Å². The van der Waals surface area contributed by atoms with Gasteiger partial charge < -0.3 is 90.2 Å². The van der Waals surface area contributed by atoms with Gasteiger partial charge in [-0.1, -0.05) is 41.5 Å². The third-order valence-electron chi connectivity index (χ3n) is 15.9. The maximum absolute atomic E-state index is 14.0. The maximum Gasteiger partial charge on any atom is 0.326 e. The molecule has 0 bridgehead atoms. The van der Waals surface area contributed by atoms with Crippen molar-refractivity contribution >= 4 is 100 Å². The Kier molecular flexibility index (Phi) is 31.0. The van der Waals surface area contributed by atoms with Gasteiger partial charge in [0.05, 0.1) is 6.54 Å². The summed E-state index contributed by atoms with van der Waals surface area (Å²) in [6.07, 6.45) is -0.0532. The summed E-state index contributed by atoms with van der Waals surface area (Å²) in [5.41, 5.74) is -6.50. The summed E-state index contributed by atoms with van der Waals surface area (Å²) < 4.78 is 0. The lowest BCUT2D eigenvalue weighted by Crippen LogP contribution is -2.67. The van der Waals surface area contributed by atoms with Crippen molar-refractivity contribution in [2.75, 3.05) is 13.1 Å². The fourth-order valence-corrected chi connectivity index (χ4v) is 9.65. The van der Waals surface area contributed by atoms with Gasteiger partial charge in [0.15, 0.2) is 0 Å². The second-order valence-electron chi connectivity index (χ2n) is 29.7. The number of carbonyl (C=O) groups excluding carboxylic acids is 16. The molecule has 554 valence electrons. The minimum Gasteiger partial charge on any atom is -0.480 e. The third-order valence-corrected chi connectivity index (χ3v) is 15.9. The van der Waals surface area contributed by atoms with E-state index in [0.29, 0.717) is 6.42 Å². The summed E-state index contributed by atoms with van der Waals surface area (Å²) in [5, 5.41) is 44.8. The van der Waals surface area contributed by atoms with Gasteiger partial charge in [0.2, 0.25) is 94.5 Å². The number of nitrogens with zero attached hydrogens (tertiary/aromatic N) is 1. The van der Waals surface area contributed by atoms with Crippen LogP contribution in [0.2, 0.25) is 0 Å². The molecule has 0 saturated carbocycles. The molecule has 1 fully saturated rings. The zero-order chi connectivity index (χ0) is 76.5. The molecule has 0 spiro atoms. The van der Waals surface area contributed by atoms with Crippen LogP contribution < -0.4 is 80.2 Å². The Morgan fingerprint density at radius 1 is 0.449 bits per heavy atom. The largest absolute Gasteiger partial charge is 0.480 e. The Morgan fingerprint density at radius 3 is 1.30 bits per heavy atom. The molecule has 1 aliphatic rings. The van der Waals surface area contributed by atoms with Crippen LogP contribution in [-0.2, 0) is 81.5 Å². The van der Waals surface area contributed by atoms with Crippen molar-refractivity contribution in [3.8, 4) is 0 Å². The Hall–Kier alpha value is -9.01. The van der Waals surface area contributed by atoms with E-state index in [0.717, 1.165) is 0 Å². The van der Waals surface area contributed by atoms with Crippen molar-refractivity contribution in [3.63, 3.8) is 0 Å². The minimum absolute atomic E-state index is 0.0924. The van der Waals surface area contributed by atoms with E-state index < -0.39 is 213 Å². The molecule has 1 saturated heterocycles. The fourth-order valence-electron chi connectivity index (χ4n) is 9.65. The lowest BCUT2D eigenvalue weighted by Gasteiger charge is -2.35. The average molecular weight is 1390 g/mol. The normalized spacial score (nSPS) is 15.6. The fraction of sp³-hybridized carbons (Fsp3) is 0.734. The van der Waals surface area contributed by atoms with Crippen molar-refractivity contribution in [2.24, 2.45) is 23.5 Å². The molecule has 1 rings (SSSR count). The van der Waals surface area contributed by atoms with E-state index in [-0.39, 0.29) is 25.3 Å². The highest BCUT2D eigenvalue weighted by Gasteiger charge is 2.46. The standard InChI is InChI=1S/C64H110N16O18/c1-31(2)29-38(47(87)77-64(22,23)57(98)80-28-24-25-39(80)48(88)71-43(33(5)6)50(90)91)69-41(83)30-66-51(92)58(10,11)78-49(89)42(32(3)4)72-55(96)61(16,17)76-46(86)37(26-27-40(65)82)70-54(95)62(18,19)79-56(97)63(20,21)75-45(85)35(8)68-53(94)60(14,15)74-44(84)34(7)67-52(93)59(12,13)73-36(9)81/h31-35,37-39,42-43H,24-30H2,1-23H3,(H2,65,82)(H,66,92)(H,67,93)(H,68,94)(H,69,83)(H,70,95)(H,71,88)(H,72,96)(H,73,81)(H,74,84)(H,75,85)(H,76,86)(H,77,87)(H,78,89)(H,79,97)(H,90,91)/t34-,35+,37+,38-,39+,42-,43-/m1/s1. The van der Waals surface area contributed by atoms with Crippen LogP contribution in [0, 0.1) is 17.8 Å². The van der Waals surface area contributed by atoms with Gasteiger partial charge in [-0.3, -0.25) is 76.7 Å². The molecule has 0 radical (unpaired) electrons. The first kappa shape index (κ1) is 87.0. The zero-order valence-corrected chi connectivity index (χ0v) is 61.1. The highest BCUT2D eigenvalue weighted by atomic mass is 16.4. The van der Waals surface area contributed by atoms with Crippen molar-refractivity contribution in [1.29, 1.82) is 0 Å². The molecule has 1 aliphatic heterocycles. The van der Waals surface area contributed by atoms with Crippen LogP contribution in [0.1, 0.15) is 191 Å². The van der Waals surface area contributed by atoms with Crippen molar-refractivity contribution in [2.45, 2.75) is 272 Å². The molecule has 0 aromatic carbocycles. The van der Waals surface area contributed by atoms with Crippen LogP contribution in [0.5, 0.6) is 0 Å². The SMILES string of the molecule is CC(=O)NC(C)(C)C(=O)N[C@H](C)C(=O)NC(C)(C)C(=O)N[C@@H](C)C(=O)NC(C)(C)C(=O)NC(C)(C)C(=O)N[C@@H](CCC(N)=O)C(=O)NC(C)(C)C(=O)N[C@@H](C(=O)NC(C)(C)C(=O)NCC(=O)N[C@H](CC(C)C)C(=O)NC(C)(C)C(=O)N1CCC[C@H]1C(=O)N[C@@H](C(=O)O)C(C)C)C(C)C. The molecular formula is C64H110N16O18. The van der Waals surface area contributed by atoms with Gasteiger partial charge in [-0.05, 0) is 154 Å².